The summed E-state index contributed by atoms with van der Waals surface area (Å²) in [6.07, 6.45) is 6.37. The number of Topliss-reactive ketones (excluding diaryl/α,β-unsaturated/α-hetero) is 1. The molecule has 216 valence electrons. The lowest BCUT2D eigenvalue weighted by atomic mass is 9.85. The van der Waals surface area contributed by atoms with Gasteiger partial charge in [0.1, 0.15) is 12.6 Å². The molecule has 2 aliphatic rings. The van der Waals surface area contributed by atoms with Gasteiger partial charge >= 0.3 is 0 Å². The zero-order valence-electron chi connectivity index (χ0n) is 24.2. The number of allylic oxidation sites excluding steroid dienone is 2. The largest absolute Gasteiger partial charge is 0.378 e. The van der Waals surface area contributed by atoms with E-state index in [9.17, 15) is 19.2 Å². The second kappa shape index (κ2) is 12.4. The minimum atomic E-state index is -0.792. The highest BCUT2D eigenvalue weighted by atomic mass is 16.2. The van der Waals surface area contributed by atoms with Crippen LogP contribution >= 0.6 is 0 Å². The number of carbonyl (C=O) groups excluding carboxylic acids is 4. The van der Waals surface area contributed by atoms with E-state index in [1.165, 1.54) is 4.90 Å². The number of nitrogens with one attached hydrogen (secondary N) is 1. The van der Waals surface area contributed by atoms with Crippen LogP contribution in [0, 0.1) is 12.8 Å². The Morgan fingerprint density at radius 3 is 2.36 bits per heavy atom. The molecule has 3 amide bonds. The summed E-state index contributed by atoms with van der Waals surface area (Å²) in [4.78, 5) is 58.8. The van der Waals surface area contributed by atoms with Crippen LogP contribution in [-0.2, 0) is 20.9 Å². The van der Waals surface area contributed by atoms with Gasteiger partial charge in [0, 0.05) is 32.0 Å². The van der Waals surface area contributed by atoms with E-state index in [1.54, 1.807) is 29.2 Å². The smallest absolute Gasteiger partial charge is 0.299 e. The van der Waals surface area contributed by atoms with Crippen molar-refractivity contribution >= 4 is 40.6 Å². The highest BCUT2D eigenvalue weighted by molar-refractivity contribution is 6.52. The fourth-order valence-corrected chi connectivity index (χ4v) is 5.72. The van der Waals surface area contributed by atoms with Gasteiger partial charge in [0.25, 0.3) is 11.7 Å². The molecule has 1 aliphatic heterocycles. The van der Waals surface area contributed by atoms with Crippen LogP contribution in [0.25, 0.3) is 0 Å². The second-order valence-electron chi connectivity index (χ2n) is 11.1. The van der Waals surface area contributed by atoms with Gasteiger partial charge < -0.3 is 15.1 Å². The molecule has 2 atom stereocenters. The maximum atomic E-state index is 14.3. The molecule has 0 unspecified atom stereocenters. The molecule has 1 aliphatic carbocycles. The summed E-state index contributed by atoms with van der Waals surface area (Å²) in [5.74, 6) is -2.15. The predicted octanol–water partition coefficient (Wildman–Crippen LogP) is 4.98. The Labute approximate surface area is 246 Å². The Hall–Kier alpha value is -4.72. The highest BCUT2D eigenvalue weighted by Gasteiger charge is 2.41. The molecule has 42 heavy (non-hydrogen) atoms. The number of rotatable bonds is 9. The zero-order chi connectivity index (χ0) is 29.8. The SMILES string of the molecule is Cc1ccccc1CN(C(=O)CN1C(=O)C(=O)c2ccccc21)[C@@H](C(=O)Nc1ccc(N(C)C)cc1)[C@@H]1CC=CCC1. The summed E-state index contributed by atoms with van der Waals surface area (Å²) in [5.41, 5.74) is 4.25. The molecular formula is C34H36N4O4. The first-order valence-electron chi connectivity index (χ1n) is 14.3. The van der Waals surface area contributed by atoms with Crippen LogP contribution in [0.1, 0.15) is 40.7 Å². The van der Waals surface area contributed by atoms with Crippen molar-refractivity contribution in [2.24, 2.45) is 5.92 Å². The lowest BCUT2D eigenvalue weighted by molar-refractivity contribution is -0.140. The molecule has 0 saturated heterocycles. The van der Waals surface area contributed by atoms with Crippen molar-refractivity contribution in [3.8, 4) is 0 Å². The molecule has 5 rings (SSSR count). The molecule has 1 heterocycles. The molecule has 8 heteroatoms. The third kappa shape index (κ3) is 5.98. The number of hydrogen-bond donors (Lipinski definition) is 1. The molecule has 0 radical (unpaired) electrons. The van der Waals surface area contributed by atoms with E-state index in [2.05, 4.69) is 17.5 Å². The average molecular weight is 565 g/mol. The van der Waals surface area contributed by atoms with Crippen molar-refractivity contribution in [1.29, 1.82) is 0 Å². The molecule has 3 aromatic carbocycles. The van der Waals surface area contributed by atoms with Crippen LogP contribution in [0.15, 0.2) is 84.9 Å². The van der Waals surface area contributed by atoms with E-state index in [4.69, 9.17) is 0 Å². The van der Waals surface area contributed by atoms with E-state index in [1.807, 2.05) is 74.4 Å². The summed E-state index contributed by atoms with van der Waals surface area (Å²) in [6.45, 7) is 1.83. The normalized spacial score (nSPS) is 16.6. The summed E-state index contributed by atoms with van der Waals surface area (Å²) >= 11 is 0. The van der Waals surface area contributed by atoms with Gasteiger partial charge in [-0.05, 0) is 79.6 Å². The average Bonchev–Trinajstić information content (AvgIpc) is 3.23. The predicted molar refractivity (Wildman–Crippen MR) is 165 cm³/mol. The number of para-hydroxylation sites is 1. The zero-order valence-corrected chi connectivity index (χ0v) is 24.2. The fourth-order valence-electron chi connectivity index (χ4n) is 5.72. The third-order valence-electron chi connectivity index (χ3n) is 8.11. The molecule has 0 fully saturated rings. The Morgan fingerprint density at radius 1 is 0.952 bits per heavy atom. The molecule has 0 aromatic heterocycles. The molecule has 1 N–H and O–H groups in total. The second-order valence-corrected chi connectivity index (χ2v) is 11.1. The fraction of sp³-hybridized carbons (Fsp3) is 0.294. The van der Waals surface area contributed by atoms with Gasteiger partial charge in [0.05, 0.1) is 11.3 Å². The molecular weight excluding hydrogens is 528 g/mol. The number of amides is 3. The van der Waals surface area contributed by atoms with Crippen molar-refractivity contribution in [2.45, 2.75) is 38.8 Å². The summed E-state index contributed by atoms with van der Waals surface area (Å²) < 4.78 is 0. The van der Waals surface area contributed by atoms with Gasteiger partial charge in [0.2, 0.25) is 11.8 Å². The van der Waals surface area contributed by atoms with Gasteiger partial charge in [-0.15, -0.1) is 0 Å². The maximum Gasteiger partial charge on any atom is 0.299 e. The van der Waals surface area contributed by atoms with E-state index in [-0.39, 0.29) is 30.5 Å². The summed E-state index contributed by atoms with van der Waals surface area (Å²) in [6, 6.07) is 21.2. The topological polar surface area (TPSA) is 90.0 Å². The van der Waals surface area contributed by atoms with E-state index >= 15 is 0 Å². The van der Waals surface area contributed by atoms with Crippen molar-refractivity contribution in [3.05, 3.63) is 102 Å². The van der Waals surface area contributed by atoms with Crippen LogP contribution in [0.3, 0.4) is 0 Å². The van der Waals surface area contributed by atoms with Crippen LogP contribution in [0.4, 0.5) is 17.1 Å². The van der Waals surface area contributed by atoms with Gasteiger partial charge in [-0.3, -0.25) is 24.1 Å². The van der Waals surface area contributed by atoms with Crippen LogP contribution in [0.5, 0.6) is 0 Å². The Balaban J connectivity index is 1.50. The standard InChI is InChI=1S/C34H36N4O4/c1-23-11-7-8-14-25(23)21-38(30(39)22-37-29-16-10-9-15-28(29)32(40)34(37)42)31(24-12-5-4-6-13-24)33(41)35-26-17-19-27(20-18-26)36(2)3/h4-5,7-11,14-20,24,31H,6,12-13,21-22H2,1-3H3,(H,35,41)/t24-,31-/m1/s1. The molecule has 0 saturated carbocycles. The van der Waals surface area contributed by atoms with Gasteiger partial charge in [-0.2, -0.15) is 0 Å². The quantitative estimate of drug-likeness (QED) is 0.292. The Kier molecular flexibility index (Phi) is 8.52. The minimum Gasteiger partial charge on any atom is -0.378 e. The number of fused-ring (bicyclic) bond motifs is 1. The van der Waals surface area contributed by atoms with Gasteiger partial charge in [-0.1, -0.05) is 48.6 Å². The lowest BCUT2D eigenvalue weighted by Gasteiger charge is -2.38. The van der Waals surface area contributed by atoms with E-state index in [0.29, 0.717) is 17.8 Å². The first kappa shape index (κ1) is 28.8. The van der Waals surface area contributed by atoms with Gasteiger partial charge in [0.15, 0.2) is 0 Å². The number of aryl methyl sites for hydroxylation is 1. The molecule has 3 aromatic rings. The number of ketones is 1. The number of anilines is 3. The van der Waals surface area contributed by atoms with Crippen LogP contribution in [0.2, 0.25) is 0 Å². The van der Waals surface area contributed by atoms with E-state index in [0.717, 1.165) is 29.7 Å². The Bertz CT molecular complexity index is 1530. The van der Waals surface area contributed by atoms with E-state index < -0.39 is 23.6 Å². The van der Waals surface area contributed by atoms with Crippen molar-refractivity contribution in [1.82, 2.24) is 4.90 Å². The monoisotopic (exact) mass is 564 g/mol. The molecule has 0 bridgehead atoms. The number of nitrogens with zero attached hydrogens (tertiary/aromatic N) is 3. The number of hydrogen-bond acceptors (Lipinski definition) is 5. The van der Waals surface area contributed by atoms with Gasteiger partial charge in [-0.25, -0.2) is 0 Å². The first-order chi connectivity index (χ1) is 20.2. The number of carbonyl (C=O) groups is 4. The van der Waals surface area contributed by atoms with Crippen molar-refractivity contribution in [2.75, 3.05) is 35.8 Å². The molecule has 8 nitrogen and oxygen atoms in total. The summed E-state index contributed by atoms with van der Waals surface area (Å²) in [7, 11) is 3.90. The third-order valence-corrected chi connectivity index (χ3v) is 8.11. The highest BCUT2D eigenvalue weighted by Crippen LogP contribution is 2.31. The first-order valence-corrected chi connectivity index (χ1v) is 14.3. The van der Waals surface area contributed by atoms with Crippen molar-refractivity contribution < 1.29 is 19.2 Å². The maximum absolute atomic E-state index is 14.3. The number of benzene rings is 3. The molecule has 0 spiro atoms. The van der Waals surface area contributed by atoms with Crippen LogP contribution in [-0.4, -0.2) is 55.1 Å². The lowest BCUT2D eigenvalue weighted by Crippen LogP contribution is -2.54. The summed E-state index contributed by atoms with van der Waals surface area (Å²) in [5, 5.41) is 3.06. The Morgan fingerprint density at radius 2 is 1.67 bits per heavy atom. The van der Waals surface area contributed by atoms with Crippen molar-refractivity contribution in [3.63, 3.8) is 0 Å². The van der Waals surface area contributed by atoms with Crippen LogP contribution < -0.4 is 15.1 Å². The minimum absolute atomic E-state index is 0.118.